The van der Waals surface area contributed by atoms with E-state index >= 15 is 0 Å². The Morgan fingerprint density at radius 2 is 1.76 bits per heavy atom. The number of aliphatic imine (C=N–C) groups is 1. The molecule has 1 N–H and O–H groups in total. The normalized spacial score (nSPS) is 24.5. The third-order valence-electron chi connectivity index (χ3n) is 5.45. The van der Waals surface area contributed by atoms with Crippen LogP contribution in [0.25, 0.3) is 0 Å². The fraction of sp³-hybridized carbons (Fsp3) is 0.941. The van der Waals surface area contributed by atoms with E-state index in [2.05, 4.69) is 34.0 Å². The molecule has 0 aromatic rings. The van der Waals surface area contributed by atoms with E-state index in [9.17, 15) is 8.42 Å². The lowest BCUT2D eigenvalue weighted by Gasteiger charge is -2.43. The summed E-state index contributed by atoms with van der Waals surface area (Å²) in [6, 6.07) is 0. The fourth-order valence-electron chi connectivity index (χ4n) is 3.56. The molecule has 0 aliphatic carbocycles. The van der Waals surface area contributed by atoms with Crippen LogP contribution in [0.3, 0.4) is 0 Å². The Hall–Kier alpha value is -0.0900. The number of nitrogens with one attached hydrogen (secondary N) is 1. The molecule has 6 nitrogen and oxygen atoms in total. The van der Waals surface area contributed by atoms with Gasteiger partial charge in [0.1, 0.15) is 0 Å². The molecular weight excluding hydrogens is 451 g/mol. The molecule has 0 amide bonds. The molecule has 0 aromatic carbocycles. The first kappa shape index (κ1) is 23.0. The molecule has 2 aliphatic rings. The van der Waals surface area contributed by atoms with Crippen molar-refractivity contribution in [1.29, 1.82) is 0 Å². The number of likely N-dealkylation sites (tertiary alicyclic amines) is 1. The Balaban J connectivity index is 0.00000312. The minimum Gasteiger partial charge on any atom is -0.354 e. The molecule has 0 bridgehead atoms. The SMILES string of the molecule is CN=C(NCC(C)(C)N1CCCCC1)N1CCS(=O)(=O)C(C)(C)C1.I. The zero-order valence-corrected chi connectivity index (χ0v) is 19.5. The zero-order valence-electron chi connectivity index (χ0n) is 16.3. The molecule has 0 spiro atoms. The number of halogens is 1. The second-order valence-corrected chi connectivity index (χ2v) is 11.0. The van der Waals surface area contributed by atoms with Gasteiger partial charge >= 0.3 is 0 Å². The van der Waals surface area contributed by atoms with Crippen molar-refractivity contribution < 1.29 is 8.42 Å². The first-order valence-corrected chi connectivity index (χ1v) is 10.7. The Bertz CT molecular complexity index is 569. The fourth-order valence-corrected chi connectivity index (χ4v) is 4.93. The summed E-state index contributed by atoms with van der Waals surface area (Å²) in [6.07, 6.45) is 3.88. The lowest BCUT2D eigenvalue weighted by molar-refractivity contribution is 0.0975. The summed E-state index contributed by atoms with van der Waals surface area (Å²) in [6.45, 7) is 12.3. The monoisotopic (exact) mass is 486 g/mol. The second-order valence-electron chi connectivity index (χ2n) is 8.26. The third kappa shape index (κ3) is 5.45. The van der Waals surface area contributed by atoms with Crippen molar-refractivity contribution in [2.24, 2.45) is 4.99 Å². The second kappa shape index (κ2) is 8.73. The summed E-state index contributed by atoms with van der Waals surface area (Å²) >= 11 is 0. The van der Waals surface area contributed by atoms with E-state index in [1.165, 1.54) is 19.3 Å². The number of nitrogens with zero attached hydrogens (tertiary/aromatic N) is 3. The summed E-state index contributed by atoms with van der Waals surface area (Å²) in [4.78, 5) is 9.01. The molecule has 0 unspecified atom stereocenters. The van der Waals surface area contributed by atoms with Crippen LogP contribution in [0.1, 0.15) is 47.0 Å². The minimum atomic E-state index is -3.03. The third-order valence-corrected chi connectivity index (χ3v) is 7.98. The average Bonchev–Trinajstić information content (AvgIpc) is 2.52. The van der Waals surface area contributed by atoms with Gasteiger partial charge in [-0.2, -0.15) is 0 Å². The average molecular weight is 486 g/mol. The number of guanidine groups is 1. The van der Waals surface area contributed by atoms with Gasteiger partial charge in [0.05, 0.1) is 10.5 Å². The Morgan fingerprint density at radius 1 is 1.16 bits per heavy atom. The first-order valence-electron chi connectivity index (χ1n) is 9.02. The standard InChI is InChI=1S/C17H34N4O2S.HI/c1-16(2,21-9-7-6-8-10-21)13-19-15(18-5)20-11-12-24(22,23)17(3,4)14-20;/h6-14H2,1-5H3,(H,18,19);1H. The summed E-state index contributed by atoms with van der Waals surface area (Å²) in [7, 11) is -1.26. The van der Waals surface area contributed by atoms with Crippen LogP contribution in [0.2, 0.25) is 0 Å². The maximum atomic E-state index is 12.2. The van der Waals surface area contributed by atoms with Crippen molar-refractivity contribution in [2.45, 2.75) is 57.2 Å². The molecule has 2 aliphatic heterocycles. The predicted octanol–water partition coefficient (Wildman–Crippen LogP) is 1.95. The number of hydrogen-bond donors (Lipinski definition) is 1. The summed E-state index contributed by atoms with van der Waals surface area (Å²) in [5, 5.41) is 3.48. The highest BCUT2D eigenvalue weighted by Crippen LogP contribution is 2.24. The van der Waals surface area contributed by atoms with Crippen LogP contribution in [0, 0.1) is 0 Å². The quantitative estimate of drug-likeness (QED) is 0.376. The van der Waals surface area contributed by atoms with Crippen LogP contribution in [-0.4, -0.2) is 80.0 Å². The molecule has 0 saturated carbocycles. The largest absolute Gasteiger partial charge is 0.354 e. The van der Waals surface area contributed by atoms with E-state index < -0.39 is 14.6 Å². The molecule has 25 heavy (non-hydrogen) atoms. The lowest BCUT2D eigenvalue weighted by Crippen LogP contribution is -2.60. The van der Waals surface area contributed by atoms with Crippen molar-refractivity contribution in [3.8, 4) is 0 Å². The summed E-state index contributed by atoms with van der Waals surface area (Å²) in [5.41, 5.74) is 0.0632. The molecule has 2 rings (SSSR count). The maximum absolute atomic E-state index is 12.2. The van der Waals surface area contributed by atoms with Crippen LogP contribution in [0.4, 0.5) is 0 Å². The van der Waals surface area contributed by atoms with Crippen LogP contribution < -0.4 is 5.32 Å². The van der Waals surface area contributed by atoms with Gasteiger partial charge in [0.25, 0.3) is 0 Å². The smallest absolute Gasteiger partial charge is 0.193 e. The molecule has 8 heteroatoms. The van der Waals surface area contributed by atoms with Crippen molar-refractivity contribution in [2.75, 3.05) is 45.5 Å². The van der Waals surface area contributed by atoms with Crippen LogP contribution >= 0.6 is 24.0 Å². The molecule has 2 fully saturated rings. The zero-order chi connectivity index (χ0) is 18.0. The van der Waals surface area contributed by atoms with E-state index in [-0.39, 0.29) is 35.3 Å². The molecule has 2 saturated heterocycles. The topological polar surface area (TPSA) is 65.0 Å². The van der Waals surface area contributed by atoms with E-state index in [4.69, 9.17) is 0 Å². The van der Waals surface area contributed by atoms with Gasteiger partial charge in [-0.1, -0.05) is 6.42 Å². The van der Waals surface area contributed by atoms with E-state index in [0.717, 1.165) is 25.6 Å². The highest BCUT2D eigenvalue weighted by molar-refractivity contribution is 14.0. The maximum Gasteiger partial charge on any atom is 0.193 e. The molecule has 2 heterocycles. The van der Waals surface area contributed by atoms with Gasteiger partial charge in [-0.25, -0.2) is 8.42 Å². The van der Waals surface area contributed by atoms with Gasteiger partial charge in [0.2, 0.25) is 0 Å². The molecule has 0 atom stereocenters. The molecule has 0 aromatic heterocycles. The van der Waals surface area contributed by atoms with Gasteiger partial charge < -0.3 is 10.2 Å². The molecular formula is C17H35IN4O2S. The first-order chi connectivity index (χ1) is 11.1. The van der Waals surface area contributed by atoms with Gasteiger partial charge in [-0.05, 0) is 53.6 Å². The van der Waals surface area contributed by atoms with Crippen LogP contribution in [0.15, 0.2) is 4.99 Å². The van der Waals surface area contributed by atoms with Crippen molar-refractivity contribution >= 4 is 39.8 Å². The lowest BCUT2D eigenvalue weighted by atomic mass is 9.98. The number of rotatable bonds is 3. The molecule has 0 radical (unpaired) electrons. The molecule has 148 valence electrons. The van der Waals surface area contributed by atoms with Crippen molar-refractivity contribution in [1.82, 2.24) is 15.1 Å². The highest BCUT2D eigenvalue weighted by Gasteiger charge is 2.41. The summed E-state index contributed by atoms with van der Waals surface area (Å²) in [5.74, 6) is 0.999. The summed E-state index contributed by atoms with van der Waals surface area (Å²) < 4.78 is 23.6. The van der Waals surface area contributed by atoms with Crippen LogP contribution in [-0.2, 0) is 9.84 Å². The number of piperidine rings is 1. The van der Waals surface area contributed by atoms with Gasteiger partial charge in [-0.15, -0.1) is 24.0 Å². The minimum absolute atomic E-state index is 0. The Kier molecular flexibility index (Phi) is 8.02. The predicted molar refractivity (Wildman–Crippen MR) is 116 cm³/mol. The van der Waals surface area contributed by atoms with Gasteiger partial charge in [0, 0.05) is 32.2 Å². The van der Waals surface area contributed by atoms with E-state index in [1.807, 2.05) is 0 Å². The Morgan fingerprint density at radius 3 is 2.28 bits per heavy atom. The van der Waals surface area contributed by atoms with Gasteiger partial charge in [-0.3, -0.25) is 9.89 Å². The van der Waals surface area contributed by atoms with Crippen molar-refractivity contribution in [3.63, 3.8) is 0 Å². The van der Waals surface area contributed by atoms with E-state index in [0.29, 0.717) is 13.1 Å². The van der Waals surface area contributed by atoms with E-state index in [1.54, 1.807) is 20.9 Å². The van der Waals surface area contributed by atoms with Gasteiger partial charge in [0.15, 0.2) is 15.8 Å². The van der Waals surface area contributed by atoms with Crippen molar-refractivity contribution in [3.05, 3.63) is 0 Å². The number of sulfone groups is 1. The Labute approximate surface area is 170 Å². The van der Waals surface area contributed by atoms with Crippen LogP contribution in [0.5, 0.6) is 0 Å². The number of hydrogen-bond acceptors (Lipinski definition) is 4. The highest BCUT2D eigenvalue weighted by atomic mass is 127.